The van der Waals surface area contributed by atoms with E-state index in [0.717, 1.165) is 19.3 Å². The van der Waals surface area contributed by atoms with Crippen LogP contribution in [0.1, 0.15) is 40.4 Å². The fraction of sp³-hybridized carbons (Fsp3) is 0.263. The van der Waals surface area contributed by atoms with E-state index in [1.807, 2.05) is 18.2 Å². The van der Waals surface area contributed by atoms with Gasteiger partial charge in [-0.2, -0.15) is 0 Å². The molecule has 1 aliphatic rings. The number of hydrogen-bond donors (Lipinski definition) is 2. The summed E-state index contributed by atoms with van der Waals surface area (Å²) in [6, 6.07) is 17.2. The number of fused-ring (bicyclic) bond motifs is 1. The van der Waals surface area contributed by atoms with Crippen LogP contribution in [0.15, 0.2) is 54.6 Å². The molecule has 0 heterocycles. The molecule has 23 heavy (non-hydrogen) atoms. The van der Waals surface area contributed by atoms with Crippen LogP contribution >= 0.6 is 0 Å². The summed E-state index contributed by atoms with van der Waals surface area (Å²) in [5, 5.41) is 5.69. The molecule has 2 aromatic carbocycles. The summed E-state index contributed by atoms with van der Waals surface area (Å²) in [5.41, 5.74) is 3.06. The first-order chi connectivity index (χ1) is 11.2. The zero-order chi connectivity index (χ0) is 16.1. The van der Waals surface area contributed by atoms with Crippen LogP contribution in [0, 0.1) is 0 Å². The summed E-state index contributed by atoms with van der Waals surface area (Å²) < 4.78 is 0. The van der Waals surface area contributed by atoms with E-state index in [2.05, 4.69) is 22.8 Å². The lowest BCUT2D eigenvalue weighted by atomic mass is 9.88. The van der Waals surface area contributed by atoms with E-state index in [9.17, 15) is 9.59 Å². The maximum atomic E-state index is 12.1. The highest BCUT2D eigenvalue weighted by Gasteiger charge is 2.21. The molecule has 118 valence electrons. The monoisotopic (exact) mass is 308 g/mol. The van der Waals surface area contributed by atoms with Crippen LogP contribution in [0.4, 0.5) is 0 Å². The number of amides is 2. The van der Waals surface area contributed by atoms with Crippen LogP contribution in [0.25, 0.3) is 0 Å². The van der Waals surface area contributed by atoms with Gasteiger partial charge in [0.2, 0.25) is 5.91 Å². The van der Waals surface area contributed by atoms with Gasteiger partial charge in [0.1, 0.15) is 0 Å². The van der Waals surface area contributed by atoms with Gasteiger partial charge in [-0.1, -0.05) is 42.5 Å². The van der Waals surface area contributed by atoms with Crippen molar-refractivity contribution >= 4 is 11.8 Å². The van der Waals surface area contributed by atoms with Gasteiger partial charge in [-0.3, -0.25) is 9.59 Å². The van der Waals surface area contributed by atoms with Gasteiger partial charge < -0.3 is 10.6 Å². The first-order valence-electron chi connectivity index (χ1n) is 7.94. The molecule has 0 aromatic heterocycles. The molecule has 1 atom stereocenters. The minimum atomic E-state index is -0.232. The predicted molar refractivity (Wildman–Crippen MR) is 89.0 cm³/mol. The molecular formula is C19H20N2O2. The number of carbonyl (C=O) groups is 2. The van der Waals surface area contributed by atoms with Gasteiger partial charge in [0.05, 0.1) is 12.6 Å². The van der Waals surface area contributed by atoms with Crippen molar-refractivity contribution in [1.29, 1.82) is 0 Å². The molecule has 2 N–H and O–H groups in total. The van der Waals surface area contributed by atoms with E-state index in [0.29, 0.717) is 5.56 Å². The molecule has 0 radical (unpaired) electrons. The highest BCUT2D eigenvalue weighted by Crippen LogP contribution is 2.29. The normalized spacial score (nSPS) is 16.3. The fourth-order valence-corrected chi connectivity index (χ4v) is 3.00. The van der Waals surface area contributed by atoms with E-state index >= 15 is 0 Å². The minimum absolute atomic E-state index is 0.00755. The molecule has 0 saturated heterocycles. The molecule has 0 bridgehead atoms. The maximum absolute atomic E-state index is 12.1. The number of nitrogens with one attached hydrogen (secondary N) is 2. The van der Waals surface area contributed by atoms with E-state index in [1.165, 1.54) is 11.1 Å². The Balaban J connectivity index is 1.55. The Morgan fingerprint density at radius 1 is 1.00 bits per heavy atom. The molecule has 1 unspecified atom stereocenters. The lowest BCUT2D eigenvalue weighted by Crippen LogP contribution is -2.39. The number of rotatable bonds is 4. The summed E-state index contributed by atoms with van der Waals surface area (Å²) in [6.07, 6.45) is 3.07. The Kier molecular flexibility index (Phi) is 4.71. The van der Waals surface area contributed by atoms with Crippen LogP contribution in [0.2, 0.25) is 0 Å². The molecule has 2 amide bonds. The van der Waals surface area contributed by atoms with Crippen molar-refractivity contribution in [2.75, 3.05) is 6.54 Å². The third-order valence-corrected chi connectivity index (χ3v) is 4.15. The SMILES string of the molecule is O=C(CNC(=O)c1ccccc1)NC1CCCc2ccccc21. The second-order valence-electron chi connectivity index (χ2n) is 5.76. The van der Waals surface area contributed by atoms with Gasteiger partial charge in [-0.05, 0) is 42.5 Å². The van der Waals surface area contributed by atoms with E-state index in [4.69, 9.17) is 0 Å². The summed E-state index contributed by atoms with van der Waals surface area (Å²) in [7, 11) is 0. The minimum Gasteiger partial charge on any atom is -0.348 e. The Morgan fingerprint density at radius 2 is 1.74 bits per heavy atom. The molecule has 0 fully saturated rings. The quantitative estimate of drug-likeness (QED) is 0.912. The van der Waals surface area contributed by atoms with Crippen molar-refractivity contribution in [2.45, 2.75) is 25.3 Å². The van der Waals surface area contributed by atoms with Crippen LogP contribution in [-0.2, 0) is 11.2 Å². The van der Waals surface area contributed by atoms with Crippen molar-refractivity contribution in [3.63, 3.8) is 0 Å². The van der Waals surface area contributed by atoms with E-state index < -0.39 is 0 Å². The summed E-state index contributed by atoms with van der Waals surface area (Å²) >= 11 is 0. The number of benzene rings is 2. The van der Waals surface area contributed by atoms with Crippen LogP contribution in [0.5, 0.6) is 0 Å². The molecule has 0 saturated carbocycles. The molecule has 0 spiro atoms. The smallest absolute Gasteiger partial charge is 0.251 e. The Hall–Kier alpha value is -2.62. The maximum Gasteiger partial charge on any atom is 0.251 e. The van der Waals surface area contributed by atoms with Gasteiger partial charge in [0.15, 0.2) is 0 Å². The van der Waals surface area contributed by atoms with Gasteiger partial charge in [-0.15, -0.1) is 0 Å². The standard InChI is InChI=1S/C19H20N2O2/c22-18(13-20-19(23)15-8-2-1-3-9-15)21-17-12-6-10-14-7-4-5-11-16(14)17/h1-5,7-9,11,17H,6,10,12-13H2,(H,20,23)(H,21,22). The molecule has 3 rings (SSSR count). The van der Waals surface area contributed by atoms with Gasteiger partial charge >= 0.3 is 0 Å². The Bertz CT molecular complexity index is 698. The number of hydrogen-bond acceptors (Lipinski definition) is 2. The van der Waals surface area contributed by atoms with Crippen molar-refractivity contribution in [3.8, 4) is 0 Å². The van der Waals surface area contributed by atoms with Gasteiger partial charge in [0.25, 0.3) is 5.91 Å². The number of aryl methyl sites for hydroxylation is 1. The number of carbonyl (C=O) groups excluding carboxylic acids is 2. The predicted octanol–water partition coefficient (Wildman–Crippen LogP) is 2.61. The summed E-state index contributed by atoms with van der Waals surface area (Å²) in [6.45, 7) is -0.00755. The zero-order valence-corrected chi connectivity index (χ0v) is 12.9. The highest BCUT2D eigenvalue weighted by atomic mass is 16.2. The van der Waals surface area contributed by atoms with Crippen LogP contribution in [0.3, 0.4) is 0 Å². The van der Waals surface area contributed by atoms with Crippen molar-refractivity contribution in [1.82, 2.24) is 10.6 Å². The van der Waals surface area contributed by atoms with Crippen molar-refractivity contribution in [2.24, 2.45) is 0 Å². The van der Waals surface area contributed by atoms with Gasteiger partial charge in [-0.25, -0.2) is 0 Å². The van der Waals surface area contributed by atoms with Gasteiger partial charge in [0, 0.05) is 5.56 Å². The molecule has 4 heteroatoms. The molecule has 1 aliphatic carbocycles. The molecule has 2 aromatic rings. The average molecular weight is 308 g/mol. The second kappa shape index (κ2) is 7.09. The molecule has 4 nitrogen and oxygen atoms in total. The lowest BCUT2D eigenvalue weighted by molar-refractivity contribution is -0.121. The Labute approximate surface area is 135 Å². The third-order valence-electron chi connectivity index (χ3n) is 4.15. The molecular weight excluding hydrogens is 288 g/mol. The topological polar surface area (TPSA) is 58.2 Å². The van der Waals surface area contributed by atoms with E-state index in [1.54, 1.807) is 24.3 Å². The van der Waals surface area contributed by atoms with Crippen LogP contribution < -0.4 is 10.6 Å². The summed E-state index contributed by atoms with van der Waals surface area (Å²) in [5.74, 6) is -0.388. The van der Waals surface area contributed by atoms with Crippen molar-refractivity contribution in [3.05, 3.63) is 71.3 Å². The Morgan fingerprint density at radius 3 is 2.57 bits per heavy atom. The fourth-order valence-electron chi connectivity index (χ4n) is 3.00. The summed E-state index contributed by atoms with van der Waals surface area (Å²) in [4.78, 5) is 24.1. The second-order valence-corrected chi connectivity index (χ2v) is 5.76. The zero-order valence-electron chi connectivity index (χ0n) is 12.9. The van der Waals surface area contributed by atoms with Crippen molar-refractivity contribution < 1.29 is 9.59 Å². The molecule has 0 aliphatic heterocycles. The first kappa shape index (κ1) is 15.3. The van der Waals surface area contributed by atoms with E-state index in [-0.39, 0.29) is 24.4 Å². The average Bonchev–Trinajstić information content (AvgIpc) is 2.61. The first-order valence-corrected chi connectivity index (χ1v) is 7.94. The highest BCUT2D eigenvalue weighted by molar-refractivity contribution is 5.96. The third kappa shape index (κ3) is 3.77. The largest absolute Gasteiger partial charge is 0.348 e. The lowest BCUT2D eigenvalue weighted by Gasteiger charge is -2.26. The van der Waals surface area contributed by atoms with Crippen LogP contribution in [-0.4, -0.2) is 18.4 Å².